The summed E-state index contributed by atoms with van der Waals surface area (Å²) in [6.45, 7) is 0. The highest BCUT2D eigenvalue weighted by molar-refractivity contribution is 6.37. The highest BCUT2D eigenvalue weighted by Crippen LogP contribution is 2.56. The largest absolute Gasteiger partial charge is 0.333 e. The number of nitrogens with zero attached hydrogens (tertiary/aromatic N) is 4. The molecule has 0 radical (unpaired) electrons. The van der Waals surface area contributed by atoms with Crippen molar-refractivity contribution in [2.45, 2.75) is 12.0 Å². The van der Waals surface area contributed by atoms with Gasteiger partial charge in [0, 0.05) is 76.8 Å². The summed E-state index contributed by atoms with van der Waals surface area (Å²) < 4.78 is 7.63. The van der Waals surface area contributed by atoms with Crippen LogP contribution in [-0.4, -0.2) is 19.4 Å². The maximum atomic E-state index is 2.59. The van der Waals surface area contributed by atoms with E-state index in [2.05, 4.69) is 200 Å². The van der Waals surface area contributed by atoms with E-state index in [1.807, 2.05) is 0 Å². The van der Waals surface area contributed by atoms with Crippen LogP contribution in [0.2, 0.25) is 0 Å². The molecule has 6 heterocycles. The molecule has 58 heavy (non-hydrogen) atoms. The molecular weight excluding hydrogens is 705 g/mol. The van der Waals surface area contributed by atoms with Crippen molar-refractivity contribution in [1.29, 1.82) is 0 Å². The third kappa shape index (κ3) is 3.35. The molecule has 8 aromatic carbocycles. The lowest BCUT2D eigenvalue weighted by atomic mass is 9.88. The van der Waals surface area contributed by atoms with Crippen molar-refractivity contribution in [3.05, 3.63) is 188 Å². The summed E-state index contributed by atoms with van der Waals surface area (Å²) >= 11 is 0. The van der Waals surface area contributed by atoms with Gasteiger partial charge in [-0.15, -0.1) is 0 Å². The van der Waals surface area contributed by atoms with Gasteiger partial charge in [0.05, 0.1) is 50.2 Å². The molecular formula is C54H32N4. The molecule has 0 bridgehead atoms. The van der Waals surface area contributed by atoms with Gasteiger partial charge in [0.2, 0.25) is 0 Å². The number of rotatable bonds is 2. The van der Waals surface area contributed by atoms with Crippen LogP contribution < -0.4 is 4.90 Å². The minimum Gasteiger partial charge on any atom is -0.333 e. The number of fused-ring (bicyclic) bond motifs is 20. The van der Waals surface area contributed by atoms with Crippen molar-refractivity contribution >= 4 is 109 Å². The van der Waals surface area contributed by atoms with Crippen molar-refractivity contribution in [3.8, 4) is 5.69 Å². The van der Waals surface area contributed by atoms with Crippen molar-refractivity contribution < 1.29 is 0 Å². The van der Waals surface area contributed by atoms with E-state index < -0.39 is 0 Å². The van der Waals surface area contributed by atoms with E-state index in [-0.39, 0.29) is 12.0 Å². The van der Waals surface area contributed by atoms with Crippen molar-refractivity contribution in [2.75, 3.05) is 4.90 Å². The van der Waals surface area contributed by atoms with Crippen molar-refractivity contribution in [3.63, 3.8) is 0 Å². The third-order valence-electron chi connectivity index (χ3n) is 13.8. The molecule has 4 nitrogen and oxygen atoms in total. The molecule has 15 rings (SSSR count). The number of hydrogen-bond donors (Lipinski definition) is 0. The van der Waals surface area contributed by atoms with Crippen molar-refractivity contribution in [1.82, 2.24) is 13.4 Å². The average molecular weight is 737 g/mol. The molecule has 2 unspecified atom stereocenters. The number of benzene rings is 8. The number of aromatic nitrogens is 3. The highest BCUT2D eigenvalue weighted by atomic mass is 15.2. The Kier molecular flexibility index (Phi) is 5.24. The van der Waals surface area contributed by atoms with Crippen LogP contribution in [0.3, 0.4) is 0 Å². The van der Waals surface area contributed by atoms with Crippen LogP contribution in [0.1, 0.15) is 11.5 Å². The Balaban J connectivity index is 1.19. The quantitative estimate of drug-likeness (QED) is 0.173. The van der Waals surface area contributed by atoms with E-state index in [0.717, 1.165) is 0 Å². The van der Waals surface area contributed by atoms with E-state index in [9.17, 15) is 0 Å². The molecule has 0 amide bonds. The SMILES string of the molecule is C1=CC2c3c(cc4c5ccccc5n5c6cc7c(cc6c3c45)c3c4c5ccccc5n(-c5ccccc5)c4cc4c5ccccc5n7c43)N(c3ccccc3)C2C=C1. The smallest absolute Gasteiger partial charge is 0.0629 e. The zero-order valence-electron chi connectivity index (χ0n) is 31.3. The number of para-hydroxylation sites is 5. The summed E-state index contributed by atoms with van der Waals surface area (Å²) in [7, 11) is 0. The monoisotopic (exact) mass is 736 g/mol. The Morgan fingerprint density at radius 3 is 1.66 bits per heavy atom. The molecule has 0 saturated carbocycles. The molecule has 268 valence electrons. The van der Waals surface area contributed by atoms with Crippen LogP contribution in [-0.2, 0) is 0 Å². The summed E-state index contributed by atoms with van der Waals surface area (Å²) in [5.74, 6) is 0.224. The maximum Gasteiger partial charge on any atom is 0.0629 e. The first-order valence-electron chi connectivity index (χ1n) is 20.4. The van der Waals surface area contributed by atoms with Gasteiger partial charge in [-0.25, -0.2) is 0 Å². The van der Waals surface area contributed by atoms with Gasteiger partial charge in [-0.3, -0.25) is 0 Å². The molecule has 0 N–H and O–H groups in total. The molecule has 1 aliphatic carbocycles. The summed E-state index contributed by atoms with van der Waals surface area (Å²) in [5, 5.41) is 13.1. The molecule has 5 aromatic heterocycles. The first-order chi connectivity index (χ1) is 28.8. The first-order valence-corrected chi connectivity index (χ1v) is 20.4. The predicted molar refractivity (Wildman–Crippen MR) is 243 cm³/mol. The van der Waals surface area contributed by atoms with Gasteiger partial charge in [0.15, 0.2) is 0 Å². The molecule has 2 atom stereocenters. The fraction of sp³-hybridized carbons (Fsp3) is 0.0370. The Labute approximate surface area is 331 Å². The number of allylic oxidation sites excluding steroid dienone is 2. The lowest BCUT2D eigenvalue weighted by Gasteiger charge is -2.28. The maximum absolute atomic E-state index is 2.59. The van der Waals surface area contributed by atoms with Crippen LogP contribution in [0.5, 0.6) is 0 Å². The average Bonchev–Trinajstić information content (AvgIpc) is 4.11. The Morgan fingerprint density at radius 2 is 0.931 bits per heavy atom. The molecule has 0 spiro atoms. The van der Waals surface area contributed by atoms with Gasteiger partial charge in [-0.2, -0.15) is 0 Å². The fourth-order valence-corrected chi connectivity index (χ4v) is 11.6. The van der Waals surface area contributed by atoms with Gasteiger partial charge < -0.3 is 18.3 Å². The van der Waals surface area contributed by atoms with Crippen LogP contribution in [0, 0.1) is 0 Å². The standard InChI is InChI=1S/C54H32N4/c1-3-15-31(16-4-1)55-43-25-13-9-21-35(43)49-47(55)28-37-33-19-7-11-23-41(33)57-45-30-46-40(27-39(45)51(49)53(37)57)52-50-36-22-10-14-26-44(36)56(32-17-5-2-6-18-32)48(50)29-38-34-20-8-12-24-42(34)58(46)54(38)52/h1-30,35,43H. The number of hydrogen-bond acceptors (Lipinski definition) is 1. The second-order valence-corrected chi connectivity index (χ2v) is 16.4. The summed E-state index contributed by atoms with van der Waals surface area (Å²) in [4.78, 5) is 2.59. The minimum atomic E-state index is 0.202. The van der Waals surface area contributed by atoms with Gasteiger partial charge in [-0.05, 0) is 72.3 Å². The normalized spacial score (nSPS) is 16.8. The Morgan fingerprint density at radius 1 is 0.362 bits per heavy atom. The third-order valence-corrected chi connectivity index (χ3v) is 13.8. The van der Waals surface area contributed by atoms with E-state index in [4.69, 9.17) is 0 Å². The highest BCUT2D eigenvalue weighted by Gasteiger charge is 2.41. The van der Waals surface area contributed by atoms with Crippen LogP contribution in [0.4, 0.5) is 11.4 Å². The van der Waals surface area contributed by atoms with Gasteiger partial charge in [0.25, 0.3) is 0 Å². The Bertz CT molecular complexity index is 3970. The predicted octanol–water partition coefficient (Wildman–Crippen LogP) is 13.8. The van der Waals surface area contributed by atoms with E-state index >= 15 is 0 Å². The summed E-state index contributed by atoms with van der Waals surface area (Å²) in [5.41, 5.74) is 15.3. The van der Waals surface area contributed by atoms with Gasteiger partial charge >= 0.3 is 0 Å². The zero-order chi connectivity index (χ0) is 37.4. The summed E-state index contributed by atoms with van der Waals surface area (Å²) in [6.07, 6.45) is 9.32. The van der Waals surface area contributed by atoms with Crippen LogP contribution in [0.15, 0.2) is 182 Å². The molecule has 13 aromatic rings. The molecule has 1 aliphatic heterocycles. The minimum absolute atomic E-state index is 0.202. The lowest BCUT2D eigenvalue weighted by Crippen LogP contribution is -2.28. The Hall–Kier alpha value is -7.56. The second-order valence-electron chi connectivity index (χ2n) is 16.4. The first kappa shape index (κ1) is 29.7. The van der Waals surface area contributed by atoms with E-state index in [1.165, 1.54) is 121 Å². The fourth-order valence-electron chi connectivity index (χ4n) is 11.6. The number of anilines is 2. The lowest BCUT2D eigenvalue weighted by molar-refractivity contribution is 0.747. The zero-order valence-corrected chi connectivity index (χ0v) is 31.3. The van der Waals surface area contributed by atoms with Crippen LogP contribution in [0.25, 0.3) is 104 Å². The second kappa shape index (κ2) is 10.2. The molecule has 2 aliphatic rings. The molecule has 4 heteroatoms. The topological polar surface area (TPSA) is 17.0 Å². The molecule has 0 fully saturated rings. The molecule has 0 saturated heterocycles. The van der Waals surface area contributed by atoms with E-state index in [0.29, 0.717) is 0 Å². The van der Waals surface area contributed by atoms with Gasteiger partial charge in [0.1, 0.15) is 0 Å². The van der Waals surface area contributed by atoms with Crippen LogP contribution >= 0.6 is 0 Å². The van der Waals surface area contributed by atoms with Gasteiger partial charge in [-0.1, -0.05) is 115 Å². The van der Waals surface area contributed by atoms with Crippen molar-refractivity contribution in [2.24, 2.45) is 0 Å². The summed E-state index contributed by atoms with van der Waals surface area (Å²) in [6, 6.07) is 59.1. The van der Waals surface area contributed by atoms with E-state index in [1.54, 1.807) is 0 Å².